The Morgan fingerprint density at radius 3 is 2.52 bits per heavy atom. The van der Waals surface area contributed by atoms with Crippen LogP contribution in [0.25, 0.3) is 10.9 Å². The summed E-state index contributed by atoms with van der Waals surface area (Å²) in [5.74, 6) is 1.09. The van der Waals surface area contributed by atoms with E-state index in [9.17, 15) is 4.55 Å². The fourth-order valence-corrected chi connectivity index (χ4v) is 3.14. The number of benzene rings is 1. The van der Waals surface area contributed by atoms with Gasteiger partial charge in [-0.3, -0.25) is 0 Å². The smallest absolute Gasteiger partial charge is 0.218 e. The van der Waals surface area contributed by atoms with Gasteiger partial charge in [0, 0.05) is 28.4 Å². The summed E-state index contributed by atoms with van der Waals surface area (Å²) in [4.78, 5) is 4.54. The van der Waals surface area contributed by atoms with E-state index >= 15 is 0 Å². The van der Waals surface area contributed by atoms with Crippen molar-refractivity contribution in [3.63, 3.8) is 0 Å². The molecule has 1 aromatic heterocycles. The average Bonchev–Trinajstić information content (AvgIpc) is 2.51. The number of aromatic nitrogens is 1. The second kappa shape index (κ2) is 7.99. The van der Waals surface area contributed by atoms with E-state index in [0.29, 0.717) is 23.2 Å². The highest BCUT2D eigenvalue weighted by Gasteiger charge is 2.26. The van der Waals surface area contributed by atoms with Crippen LogP contribution in [0.3, 0.4) is 0 Å². The number of nitrogens with one attached hydrogen (secondary N) is 1. The summed E-state index contributed by atoms with van der Waals surface area (Å²) in [6, 6.07) is 5.58. The topological polar surface area (TPSA) is 66.4 Å². The lowest BCUT2D eigenvalue weighted by molar-refractivity contribution is 0.243. The van der Waals surface area contributed by atoms with Crippen molar-refractivity contribution in [3.05, 3.63) is 28.8 Å². The van der Waals surface area contributed by atoms with Gasteiger partial charge in [0.1, 0.15) is 10.5 Å². The van der Waals surface area contributed by atoms with Crippen molar-refractivity contribution >= 4 is 33.9 Å². The average molecular weight is 385 g/mol. The van der Waals surface area contributed by atoms with Crippen molar-refractivity contribution in [3.8, 4) is 11.6 Å². The van der Waals surface area contributed by atoms with Crippen LogP contribution >= 0.6 is 11.6 Å². The first kappa shape index (κ1) is 20.1. The molecule has 1 unspecified atom stereocenters. The number of hydrogen-bond donors (Lipinski definition) is 1. The fraction of sp³-hybridized carbons (Fsp3) is 0.500. The maximum Gasteiger partial charge on any atom is 0.218 e. The molecule has 0 spiro atoms. The molecule has 0 aliphatic heterocycles. The standard InChI is InChI=1S/C18H25ClN2O3S/c1-11(2)24-16-9-15-12(8-14(16)19)7-13(17(21-15)23-6)10-20-25(22)18(3,4)5/h7-9,11,20H,10H2,1-6H3. The van der Waals surface area contributed by atoms with Gasteiger partial charge in [-0.2, -0.15) is 0 Å². The predicted molar refractivity (Wildman–Crippen MR) is 104 cm³/mol. The fourth-order valence-electron chi connectivity index (χ4n) is 2.21. The van der Waals surface area contributed by atoms with Crippen molar-refractivity contribution in [1.82, 2.24) is 9.71 Å². The number of fused-ring (bicyclic) bond motifs is 1. The lowest BCUT2D eigenvalue weighted by Gasteiger charge is -2.23. The molecule has 0 saturated heterocycles. The maximum absolute atomic E-state index is 12.2. The number of halogens is 1. The van der Waals surface area contributed by atoms with Crippen LogP contribution in [0.4, 0.5) is 0 Å². The Bertz CT molecular complexity index is 747. The first-order chi connectivity index (χ1) is 11.6. The summed E-state index contributed by atoms with van der Waals surface area (Å²) in [5.41, 5.74) is 1.55. The molecule has 0 aliphatic rings. The Hall–Kier alpha value is -1.21. The van der Waals surface area contributed by atoms with Crippen molar-refractivity contribution in [2.45, 2.75) is 52.0 Å². The summed E-state index contributed by atoms with van der Waals surface area (Å²) >= 11 is 5.14. The molecule has 1 N–H and O–H groups in total. The van der Waals surface area contributed by atoms with Gasteiger partial charge < -0.3 is 14.0 Å². The minimum atomic E-state index is -1.18. The van der Waals surface area contributed by atoms with E-state index in [-0.39, 0.29) is 10.9 Å². The second-order valence-corrected chi connectivity index (χ2v) is 9.46. The van der Waals surface area contributed by atoms with Crippen molar-refractivity contribution in [1.29, 1.82) is 0 Å². The Morgan fingerprint density at radius 1 is 1.28 bits per heavy atom. The summed E-state index contributed by atoms with van der Waals surface area (Å²) in [5, 5.41) is 1.41. The lowest BCUT2D eigenvalue weighted by atomic mass is 10.1. The number of rotatable bonds is 6. The molecule has 0 fully saturated rings. The maximum atomic E-state index is 12.2. The van der Waals surface area contributed by atoms with Crippen LogP contribution in [0, 0.1) is 0 Å². The van der Waals surface area contributed by atoms with Crippen LogP contribution in [0.5, 0.6) is 11.6 Å². The monoisotopic (exact) mass is 384 g/mol. The van der Waals surface area contributed by atoms with E-state index in [1.807, 2.05) is 52.8 Å². The minimum absolute atomic E-state index is 0.0210. The van der Waals surface area contributed by atoms with Crippen LogP contribution in [0.1, 0.15) is 40.2 Å². The molecular weight excluding hydrogens is 360 g/mol. The minimum Gasteiger partial charge on any atom is -0.598 e. The Morgan fingerprint density at radius 2 is 1.96 bits per heavy atom. The molecule has 0 aliphatic carbocycles. The van der Waals surface area contributed by atoms with E-state index < -0.39 is 11.4 Å². The van der Waals surface area contributed by atoms with E-state index in [2.05, 4.69) is 9.71 Å². The zero-order chi connectivity index (χ0) is 18.8. The first-order valence-electron chi connectivity index (χ1n) is 8.11. The Balaban J connectivity index is 2.35. The van der Waals surface area contributed by atoms with Crippen molar-refractivity contribution < 1.29 is 14.0 Å². The van der Waals surface area contributed by atoms with Crippen LogP contribution < -0.4 is 14.2 Å². The highest BCUT2D eigenvalue weighted by molar-refractivity contribution is 7.90. The largest absolute Gasteiger partial charge is 0.598 e. The first-order valence-corrected chi connectivity index (χ1v) is 9.63. The molecular formula is C18H25ClN2O3S. The quantitative estimate of drug-likeness (QED) is 0.754. The van der Waals surface area contributed by atoms with Gasteiger partial charge in [-0.15, -0.1) is 4.72 Å². The molecule has 0 bridgehead atoms. The van der Waals surface area contributed by atoms with Gasteiger partial charge in [-0.05, 0) is 46.8 Å². The molecule has 7 heteroatoms. The Kier molecular flexibility index (Phi) is 6.43. The molecule has 25 heavy (non-hydrogen) atoms. The van der Waals surface area contributed by atoms with Crippen LogP contribution in [0.2, 0.25) is 5.02 Å². The number of methoxy groups -OCH3 is 1. The van der Waals surface area contributed by atoms with Gasteiger partial charge in [-0.1, -0.05) is 11.6 Å². The van der Waals surface area contributed by atoms with Gasteiger partial charge in [0.15, 0.2) is 0 Å². The van der Waals surface area contributed by atoms with Crippen LogP contribution in [-0.4, -0.2) is 27.5 Å². The zero-order valence-corrected chi connectivity index (χ0v) is 17.0. The van der Waals surface area contributed by atoms with Crippen molar-refractivity contribution in [2.75, 3.05) is 7.11 Å². The molecule has 1 atom stereocenters. The third-order valence-corrected chi connectivity index (χ3v) is 5.23. The van der Waals surface area contributed by atoms with Crippen LogP contribution in [0.15, 0.2) is 18.2 Å². The van der Waals surface area contributed by atoms with Gasteiger partial charge in [-0.25, -0.2) is 4.98 Å². The van der Waals surface area contributed by atoms with E-state index in [4.69, 9.17) is 21.1 Å². The highest BCUT2D eigenvalue weighted by Crippen LogP contribution is 2.32. The third-order valence-electron chi connectivity index (χ3n) is 3.41. The molecule has 0 saturated carbocycles. The molecule has 2 aromatic rings. The number of pyridine rings is 1. The summed E-state index contributed by atoms with van der Waals surface area (Å²) in [6.07, 6.45) is 0.0210. The Labute approximate surface area is 157 Å². The SMILES string of the molecule is COc1nc2cc(OC(C)C)c(Cl)cc2cc1CN[S+]([O-])C(C)(C)C. The highest BCUT2D eigenvalue weighted by atomic mass is 35.5. The predicted octanol–water partition coefficient (Wildman–Crippen LogP) is 4.24. The summed E-state index contributed by atoms with van der Waals surface area (Å²) in [7, 11) is 1.57. The molecule has 1 heterocycles. The van der Waals surface area contributed by atoms with Gasteiger partial charge in [0.2, 0.25) is 5.88 Å². The number of nitrogens with zero attached hydrogens (tertiary/aromatic N) is 1. The van der Waals surface area contributed by atoms with Crippen molar-refractivity contribution in [2.24, 2.45) is 0 Å². The molecule has 0 radical (unpaired) electrons. The molecule has 2 rings (SSSR count). The van der Waals surface area contributed by atoms with Crippen LogP contribution in [-0.2, 0) is 17.9 Å². The van der Waals surface area contributed by atoms with Gasteiger partial charge in [0.05, 0.1) is 30.3 Å². The number of hydrogen-bond acceptors (Lipinski definition) is 5. The lowest BCUT2D eigenvalue weighted by Crippen LogP contribution is -2.39. The molecule has 1 aromatic carbocycles. The zero-order valence-electron chi connectivity index (χ0n) is 15.5. The summed E-state index contributed by atoms with van der Waals surface area (Å²) in [6.45, 7) is 10.0. The normalized spacial score (nSPS) is 13.3. The van der Waals surface area contributed by atoms with Gasteiger partial charge >= 0.3 is 0 Å². The summed E-state index contributed by atoms with van der Waals surface area (Å²) < 4.78 is 26.0. The molecule has 138 valence electrons. The molecule has 5 nitrogen and oxygen atoms in total. The second-order valence-electron chi connectivity index (χ2n) is 7.00. The van der Waals surface area contributed by atoms with E-state index in [0.717, 1.165) is 16.5 Å². The third kappa shape index (κ3) is 5.14. The van der Waals surface area contributed by atoms with E-state index in [1.165, 1.54) is 0 Å². The van der Waals surface area contributed by atoms with Gasteiger partial charge in [0.25, 0.3) is 0 Å². The number of ether oxygens (including phenoxy) is 2. The molecule has 0 amide bonds. The van der Waals surface area contributed by atoms with E-state index in [1.54, 1.807) is 7.11 Å².